The van der Waals surface area contributed by atoms with Crippen molar-refractivity contribution in [3.05, 3.63) is 29.3 Å². The van der Waals surface area contributed by atoms with E-state index in [-0.39, 0.29) is 30.7 Å². The molecule has 0 N–H and O–H groups in total. The molecule has 0 bridgehead atoms. The van der Waals surface area contributed by atoms with E-state index in [2.05, 4.69) is 64.9 Å². The highest BCUT2D eigenvalue weighted by molar-refractivity contribution is 6.62. The molecule has 0 amide bonds. The van der Waals surface area contributed by atoms with Crippen LogP contribution < -0.4 is 5.46 Å². The van der Waals surface area contributed by atoms with Gasteiger partial charge in [0.05, 0.1) is 11.2 Å². The second kappa shape index (κ2) is 8.20. The van der Waals surface area contributed by atoms with Gasteiger partial charge in [-0.15, -0.1) is 12.4 Å². The monoisotopic (exact) mass is 381 g/mol. The second-order valence-electron chi connectivity index (χ2n) is 8.67. The van der Waals surface area contributed by atoms with Crippen LogP contribution in [0.5, 0.6) is 0 Å². The number of halogens is 1. The van der Waals surface area contributed by atoms with Crippen LogP contribution >= 0.6 is 12.4 Å². The third-order valence-corrected chi connectivity index (χ3v) is 5.85. The molecule has 6 heteroatoms. The van der Waals surface area contributed by atoms with E-state index < -0.39 is 0 Å². The Morgan fingerprint density at radius 1 is 1.04 bits per heavy atom. The largest absolute Gasteiger partial charge is 0.495 e. The molecule has 0 atom stereocenters. The molecule has 2 saturated heterocycles. The van der Waals surface area contributed by atoms with E-state index in [1.165, 1.54) is 11.1 Å². The van der Waals surface area contributed by atoms with Gasteiger partial charge in [-0.25, -0.2) is 0 Å². The normalized spacial score (nSPS) is 22.5. The zero-order valence-electron chi connectivity index (χ0n) is 17.0. The maximum atomic E-state index is 6.30. The molecule has 3 rings (SSSR count). The average molecular weight is 382 g/mol. The van der Waals surface area contributed by atoms with E-state index in [1.807, 2.05) is 0 Å². The van der Waals surface area contributed by atoms with Crippen molar-refractivity contribution in [3.63, 3.8) is 0 Å². The lowest BCUT2D eigenvalue weighted by Gasteiger charge is -2.32. The fourth-order valence-electron chi connectivity index (χ4n) is 3.59. The third kappa shape index (κ3) is 4.45. The Hall–Kier alpha value is -0.585. The summed E-state index contributed by atoms with van der Waals surface area (Å²) in [4.78, 5) is 2.21. The maximum Gasteiger partial charge on any atom is 0.495 e. The van der Waals surface area contributed by atoms with Crippen LogP contribution in [0.2, 0.25) is 0 Å². The second-order valence-corrected chi connectivity index (χ2v) is 8.67. The lowest BCUT2D eigenvalue weighted by atomic mass is 9.74. The summed E-state index contributed by atoms with van der Waals surface area (Å²) in [6, 6.07) is 6.83. The number of hydrogen-bond donors (Lipinski definition) is 0. The molecule has 0 aromatic heterocycles. The molecule has 0 radical (unpaired) electrons. The van der Waals surface area contributed by atoms with Gasteiger partial charge in [0.1, 0.15) is 0 Å². The molecule has 1 aromatic rings. The molecule has 4 nitrogen and oxygen atoms in total. The minimum Gasteiger partial charge on any atom is -0.399 e. The molecule has 146 valence electrons. The fourth-order valence-corrected chi connectivity index (χ4v) is 3.59. The van der Waals surface area contributed by atoms with Crippen molar-refractivity contribution in [3.8, 4) is 0 Å². The van der Waals surface area contributed by atoms with E-state index in [9.17, 15) is 0 Å². The number of rotatable bonds is 4. The van der Waals surface area contributed by atoms with Crippen molar-refractivity contribution in [1.29, 1.82) is 0 Å². The molecule has 2 aliphatic rings. The summed E-state index contributed by atoms with van der Waals surface area (Å²) in [5, 5.41) is 0. The Balaban J connectivity index is 0.00000243. The lowest BCUT2D eigenvalue weighted by molar-refractivity contribution is 0.00578. The number of hydrogen-bond acceptors (Lipinski definition) is 4. The van der Waals surface area contributed by atoms with Crippen LogP contribution in [0.25, 0.3) is 0 Å². The van der Waals surface area contributed by atoms with Crippen LogP contribution in [0.15, 0.2) is 18.2 Å². The van der Waals surface area contributed by atoms with Gasteiger partial charge in [-0.05, 0) is 77.1 Å². The number of ether oxygens (including phenoxy) is 1. The molecule has 0 saturated carbocycles. The first-order valence-corrected chi connectivity index (χ1v) is 9.40. The van der Waals surface area contributed by atoms with E-state index in [0.717, 1.165) is 38.1 Å². The SMILES string of the molecule is CN(C)Cc1cc(C2CCOCC2)ccc1B1OC(C)(C)C(C)(C)O1.Cl. The maximum absolute atomic E-state index is 6.30. The van der Waals surface area contributed by atoms with Crippen molar-refractivity contribution in [2.75, 3.05) is 27.3 Å². The first-order valence-electron chi connectivity index (χ1n) is 9.40. The van der Waals surface area contributed by atoms with Crippen molar-refractivity contribution in [2.45, 2.75) is 64.2 Å². The van der Waals surface area contributed by atoms with Gasteiger partial charge in [-0.2, -0.15) is 0 Å². The highest BCUT2D eigenvalue weighted by atomic mass is 35.5. The summed E-state index contributed by atoms with van der Waals surface area (Å²) in [7, 11) is 3.91. The average Bonchev–Trinajstić information content (AvgIpc) is 2.75. The predicted octanol–water partition coefficient (Wildman–Crippen LogP) is 3.36. The number of nitrogens with zero attached hydrogens (tertiary/aromatic N) is 1. The summed E-state index contributed by atoms with van der Waals surface area (Å²) in [6.07, 6.45) is 2.22. The van der Waals surface area contributed by atoms with Gasteiger partial charge in [0, 0.05) is 19.8 Å². The van der Waals surface area contributed by atoms with Crippen LogP contribution in [0.3, 0.4) is 0 Å². The molecular weight excluding hydrogens is 348 g/mol. The molecule has 0 unspecified atom stereocenters. The van der Waals surface area contributed by atoms with Gasteiger partial charge < -0.3 is 18.9 Å². The van der Waals surface area contributed by atoms with Gasteiger partial charge in [0.2, 0.25) is 0 Å². The summed E-state index contributed by atoms with van der Waals surface area (Å²) in [5.74, 6) is 0.599. The first kappa shape index (κ1) is 21.7. The van der Waals surface area contributed by atoms with Crippen molar-refractivity contribution < 1.29 is 14.0 Å². The zero-order valence-corrected chi connectivity index (χ0v) is 17.8. The van der Waals surface area contributed by atoms with Gasteiger partial charge in [-0.1, -0.05) is 18.2 Å². The first-order chi connectivity index (χ1) is 11.7. The highest BCUT2D eigenvalue weighted by Crippen LogP contribution is 2.37. The van der Waals surface area contributed by atoms with E-state index in [1.54, 1.807) is 0 Å². The molecule has 1 aromatic carbocycles. The van der Waals surface area contributed by atoms with Crippen LogP contribution in [0.4, 0.5) is 0 Å². The van der Waals surface area contributed by atoms with E-state index >= 15 is 0 Å². The summed E-state index contributed by atoms with van der Waals surface area (Å²) < 4.78 is 18.1. The van der Waals surface area contributed by atoms with Gasteiger partial charge in [-0.3, -0.25) is 0 Å². The Morgan fingerprint density at radius 2 is 1.62 bits per heavy atom. The summed E-state index contributed by atoms with van der Waals surface area (Å²) in [6.45, 7) is 11.0. The predicted molar refractivity (Wildman–Crippen MR) is 110 cm³/mol. The Kier molecular flexibility index (Phi) is 6.84. The number of benzene rings is 1. The van der Waals surface area contributed by atoms with Gasteiger partial charge in [0.15, 0.2) is 0 Å². The third-order valence-electron chi connectivity index (χ3n) is 5.85. The molecule has 0 aliphatic carbocycles. The topological polar surface area (TPSA) is 30.9 Å². The zero-order chi connectivity index (χ0) is 18.2. The van der Waals surface area contributed by atoms with Crippen molar-refractivity contribution in [2.24, 2.45) is 0 Å². The summed E-state index contributed by atoms with van der Waals surface area (Å²) in [5.41, 5.74) is 3.25. The lowest BCUT2D eigenvalue weighted by Crippen LogP contribution is -2.41. The Morgan fingerprint density at radius 3 is 2.15 bits per heavy atom. The molecule has 2 aliphatic heterocycles. The van der Waals surface area contributed by atoms with Crippen molar-refractivity contribution >= 4 is 25.0 Å². The van der Waals surface area contributed by atoms with Crippen LogP contribution in [0.1, 0.15) is 57.6 Å². The smallest absolute Gasteiger partial charge is 0.399 e. The summed E-state index contributed by atoms with van der Waals surface area (Å²) >= 11 is 0. The van der Waals surface area contributed by atoms with Crippen LogP contribution in [0, 0.1) is 0 Å². The molecule has 26 heavy (non-hydrogen) atoms. The van der Waals surface area contributed by atoms with Crippen LogP contribution in [-0.2, 0) is 20.6 Å². The minimum atomic E-state index is -0.313. The standard InChI is InChI=1S/C20H32BNO3.ClH/c1-19(2)20(3,4)25-21(24-19)18-8-7-16(13-17(18)14-22(5)6)15-9-11-23-12-10-15;/h7-8,13,15H,9-12,14H2,1-6H3;1H. The van der Waals surface area contributed by atoms with Crippen molar-refractivity contribution in [1.82, 2.24) is 4.90 Å². The highest BCUT2D eigenvalue weighted by Gasteiger charge is 2.52. The fraction of sp³-hybridized carbons (Fsp3) is 0.700. The molecule has 0 spiro atoms. The van der Waals surface area contributed by atoms with Gasteiger partial charge in [0.25, 0.3) is 0 Å². The Labute approximate surface area is 165 Å². The van der Waals surface area contributed by atoms with E-state index in [0.29, 0.717) is 5.92 Å². The Bertz CT molecular complexity index is 599. The quantitative estimate of drug-likeness (QED) is 0.748. The van der Waals surface area contributed by atoms with E-state index in [4.69, 9.17) is 14.0 Å². The molecule has 2 fully saturated rings. The van der Waals surface area contributed by atoms with Crippen LogP contribution in [-0.4, -0.2) is 50.5 Å². The molecule has 2 heterocycles. The minimum absolute atomic E-state index is 0. The van der Waals surface area contributed by atoms with Gasteiger partial charge >= 0.3 is 7.12 Å². The molecular formula is C20H33BClNO3.